The lowest BCUT2D eigenvalue weighted by molar-refractivity contribution is 0.0942. The van der Waals surface area contributed by atoms with E-state index in [0.717, 1.165) is 6.26 Å². The molecule has 1 aliphatic rings. The summed E-state index contributed by atoms with van der Waals surface area (Å²) in [6.45, 7) is 0.0216. The summed E-state index contributed by atoms with van der Waals surface area (Å²) in [4.78, 5) is 2.73. The van der Waals surface area contributed by atoms with E-state index >= 15 is 0 Å². The number of azide groups is 1. The number of benzene rings is 1. The van der Waals surface area contributed by atoms with Crippen molar-refractivity contribution in [3.05, 3.63) is 40.3 Å². The first-order chi connectivity index (χ1) is 8.51. The molecule has 2 rings (SSSR count). The standard InChI is InChI=1S/C10H11N3O4S/c1-18(14,15)17-9-6-16-8-5-3-2-4-7(8)10(9)12-13-11/h2-5,9-10H,6H2,1H3. The Bertz CT molecular complexity index is 595. The van der Waals surface area contributed by atoms with Gasteiger partial charge in [-0.25, -0.2) is 0 Å². The van der Waals surface area contributed by atoms with Crippen molar-refractivity contribution in [3.8, 4) is 5.75 Å². The maximum atomic E-state index is 11.1. The summed E-state index contributed by atoms with van der Waals surface area (Å²) in [5.74, 6) is 0.572. The van der Waals surface area contributed by atoms with Gasteiger partial charge in [-0.3, -0.25) is 4.18 Å². The molecule has 0 aliphatic carbocycles. The molecule has 7 nitrogen and oxygen atoms in total. The van der Waals surface area contributed by atoms with Gasteiger partial charge in [-0.1, -0.05) is 23.3 Å². The number of rotatable bonds is 3. The van der Waals surface area contributed by atoms with Gasteiger partial charge in [-0.15, -0.1) is 0 Å². The highest BCUT2D eigenvalue weighted by molar-refractivity contribution is 7.86. The van der Waals surface area contributed by atoms with E-state index in [1.54, 1.807) is 24.3 Å². The first-order valence-corrected chi connectivity index (χ1v) is 6.97. The van der Waals surface area contributed by atoms with Crippen molar-refractivity contribution in [1.29, 1.82) is 0 Å². The first kappa shape index (κ1) is 12.7. The van der Waals surface area contributed by atoms with Crippen LogP contribution >= 0.6 is 0 Å². The van der Waals surface area contributed by atoms with Gasteiger partial charge in [0.05, 0.1) is 12.3 Å². The highest BCUT2D eigenvalue weighted by Crippen LogP contribution is 2.36. The maximum Gasteiger partial charge on any atom is 0.264 e. The van der Waals surface area contributed by atoms with Crippen LogP contribution in [0.15, 0.2) is 29.4 Å². The van der Waals surface area contributed by atoms with Crippen molar-refractivity contribution in [2.75, 3.05) is 12.9 Å². The zero-order valence-corrected chi connectivity index (χ0v) is 10.4. The van der Waals surface area contributed by atoms with Crippen LogP contribution in [0.3, 0.4) is 0 Å². The summed E-state index contributed by atoms with van der Waals surface area (Å²) in [7, 11) is -3.64. The summed E-state index contributed by atoms with van der Waals surface area (Å²) in [6.07, 6.45) is 0.103. The normalized spacial score (nSPS) is 22.5. The predicted octanol–water partition coefficient (Wildman–Crippen LogP) is 1.78. The Kier molecular flexibility index (Phi) is 3.42. The van der Waals surface area contributed by atoms with Crippen LogP contribution in [-0.2, 0) is 14.3 Å². The fraction of sp³-hybridized carbons (Fsp3) is 0.400. The summed E-state index contributed by atoms with van der Waals surface area (Å²) in [5, 5.41) is 3.60. The summed E-state index contributed by atoms with van der Waals surface area (Å²) in [6, 6.07) is 6.27. The minimum absolute atomic E-state index is 0.0216. The molecule has 1 aliphatic heterocycles. The van der Waals surface area contributed by atoms with Crippen molar-refractivity contribution >= 4 is 10.1 Å². The third kappa shape index (κ3) is 2.73. The lowest BCUT2D eigenvalue weighted by atomic mass is 9.99. The molecule has 18 heavy (non-hydrogen) atoms. The predicted molar refractivity (Wildman–Crippen MR) is 63.5 cm³/mol. The Hall–Kier alpha value is -1.76. The molecule has 0 radical (unpaired) electrons. The number of nitrogens with zero attached hydrogens (tertiary/aromatic N) is 3. The maximum absolute atomic E-state index is 11.1. The second-order valence-electron chi connectivity index (χ2n) is 3.84. The van der Waals surface area contributed by atoms with Crippen LogP contribution in [0.2, 0.25) is 0 Å². The van der Waals surface area contributed by atoms with Gasteiger partial charge >= 0.3 is 0 Å². The van der Waals surface area contributed by atoms with Crippen LogP contribution in [0.5, 0.6) is 5.75 Å². The Morgan fingerprint density at radius 3 is 2.89 bits per heavy atom. The van der Waals surface area contributed by atoms with E-state index in [4.69, 9.17) is 14.5 Å². The van der Waals surface area contributed by atoms with Crippen LogP contribution in [0.25, 0.3) is 10.4 Å². The van der Waals surface area contributed by atoms with E-state index in [1.165, 1.54) is 0 Å². The molecule has 0 spiro atoms. The van der Waals surface area contributed by atoms with Crippen LogP contribution in [0, 0.1) is 0 Å². The van der Waals surface area contributed by atoms with E-state index in [1.807, 2.05) is 0 Å². The second kappa shape index (κ2) is 4.85. The highest BCUT2D eigenvalue weighted by atomic mass is 32.2. The molecule has 2 unspecified atom stereocenters. The van der Waals surface area contributed by atoms with Crippen LogP contribution in [-0.4, -0.2) is 27.4 Å². The Labute approximate surface area is 104 Å². The van der Waals surface area contributed by atoms with Gasteiger partial charge in [0.1, 0.15) is 18.5 Å². The van der Waals surface area contributed by atoms with Gasteiger partial charge < -0.3 is 4.74 Å². The third-order valence-corrected chi connectivity index (χ3v) is 3.06. The lowest BCUT2D eigenvalue weighted by Gasteiger charge is -2.29. The first-order valence-electron chi connectivity index (χ1n) is 5.15. The van der Waals surface area contributed by atoms with Crippen molar-refractivity contribution < 1.29 is 17.3 Å². The topological polar surface area (TPSA) is 101 Å². The zero-order chi connectivity index (χ0) is 13.2. The number of fused-ring (bicyclic) bond motifs is 1. The van der Waals surface area contributed by atoms with Gasteiger partial charge in [0.15, 0.2) is 0 Å². The zero-order valence-electron chi connectivity index (χ0n) is 9.55. The number of hydrogen-bond donors (Lipinski definition) is 0. The molecule has 96 valence electrons. The van der Waals surface area contributed by atoms with E-state index in [0.29, 0.717) is 11.3 Å². The molecule has 0 amide bonds. The van der Waals surface area contributed by atoms with Gasteiger partial charge in [-0.05, 0) is 11.6 Å². The molecule has 1 aromatic rings. The molecule has 1 heterocycles. The SMILES string of the molecule is CS(=O)(=O)OC1COc2ccccc2C1N=[N+]=[N-]. The van der Waals surface area contributed by atoms with Gasteiger partial charge in [0, 0.05) is 10.5 Å². The number of para-hydroxylation sites is 1. The molecule has 0 bridgehead atoms. The number of hydrogen-bond acceptors (Lipinski definition) is 5. The summed E-state index contributed by atoms with van der Waals surface area (Å²) in [5.41, 5.74) is 9.19. The van der Waals surface area contributed by atoms with E-state index < -0.39 is 22.3 Å². The van der Waals surface area contributed by atoms with Gasteiger partial charge in [0.25, 0.3) is 10.1 Å². The molecule has 8 heteroatoms. The minimum Gasteiger partial charge on any atom is -0.491 e. The van der Waals surface area contributed by atoms with Crippen LogP contribution < -0.4 is 4.74 Å². The largest absolute Gasteiger partial charge is 0.491 e. The van der Waals surface area contributed by atoms with Crippen molar-refractivity contribution in [1.82, 2.24) is 0 Å². The molecule has 0 saturated carbocycles. The van der Waals surface area contributed by atoms with Gasteiger partial charge in [-0.2, -0.15) is 8.42 Å². The Morgan fingerprint density at radius 1 is 1.50 bits per heavy atom. The Balaban J connectivity index is 2.38. The van der Waals surface area contributed by atoms with Crippen molar-refractivity contribution in [2.24, 2.45) is 5.11 Å². The van der Waals surface area contributed by atoms with Crippen LogP contribution in [0.1, 0.15) is 11.6 Å². The van der Waals surface area contributed by atoms with Gasteiger partial charge in [0.2, 0.25) is 0 Å². The second-order valence-corrected chi connectivity index (χ2v) is 5.44. The quantitative estimate of drug-likeness (QED) is 0.361. The van der Waals surface area contributed by atoms with E-state index in [2.05, 4.69) is 10.0 Å². The fourth-order valence-corrected chi connectivity index (χ4v) is 2.43. The molecule has 1 aromatic carbocycles. The minimum atomic E-state index is -3.64. The fourth-order valence-electron chi connectivity index (χ4n) is 1.82. The average Bonchev–Trinajstić information content (AvgIpc) is 2.31. The lowest BCUT2D eigenvalue weighted by Crippen LogP contribution is -2.34. The average molecular weight is 269 g/mol. The monoisotopic (exact) mass is 269 g/mol. The molecular formula is C10H11N3O4S. The molecule has 0 aromatic heterocycles. The molecule has 0 fully saturated rings. The van der Waals surface area contributed by atoms with Crippen molar-refractivity contribution in [3.63, 3.8) is 0 Å². The number of ether oxygens (including phenoxy) is 1. The highest BCUT2D eigenvalue weighted by Gasteiger charge is 2.33. The molecule has 0 saturated heterocycles. The molecular weight excluding hydrogens is 258 g/mol. The van der Waals surface area contributed by atoms with E-state index in [9.17, 15) is 8.42 Å². The molecule has 2 atom stereocenters. The Morgan fingerprint density at radius 2 is 2.22 bits per heavy atom. The third-order valence-electron chi connectivity index (χ3n) is 2.47. The summed E-state index contributed by atoms with van der Waals surface area (Å²) >= 11 is 0. The van der Waals surface area contributed by atoms with E-state index in [-0.39, 0.29) is 6.61 Å². The van der Waals surface area contributed by atoms with Crippen LogP contribution in [0.4, 0.5) is 0 Å². The smallest absolute Gasteiger partial charge is 0.264 e. The van der Waals surface area contributed by atoms with Crippen molar-refractivity contribution in [2.45, 2.75) is 12.1 Å². The summed E-state index contributed by atoms with van der Waals surface area (Å²) < 4.78 is 32.6. The molecule has 0 N–H and O–H groups in total.